The monoisotopic (exact) mass is 284 g/mol. The number of ether oxygens (including phenoxy) is 1. The van der Waals surface area contributed by atoms with Gasteiger partial charge in [-0.05, 0) is 41.1 Å². The van der Waals surface area contributed by atoms with Crippen molar-refractivity contribution in [2.45, 2.75) is 12.8 Å². The molecule has 15 heavy (non-hydrogen) atoms. The van der Waals surface area contributed by atoms with Crippen molar-refractivity contribution in [1.82, 2.24) is 0 Å². The third kappa shape index (κ3) is 1.52. The summed E-state index contributed by atoms with van der Waals surface area (Å²) in [4.78, 5) is 2.68. The van der Waals surface area contributed by atoms with Gasteiger partial charge < -0.3 is 9.15 Å². The van der Waals surface area contributed by atoms with Crippen LogP contribution in [0.4, 0.5) is 0 Å². The van der Waals surface area contributed by atoms with Gasteiger partial charge in [0, 0.05) is 15.3 Å². The Bertz CT molecular complexity index is 500. The maximum absolute atomic E-state index is 5.51. The van der Waals surface area contributed by atoms with Gasteiger partial charge in [-0.25, -0.2) is 0 Å². The highest BCUT2D eigenvalue weighted by Gasteiger charge is 2.30. The summed E-state index contributed by atoms with van der Waals surface area (Å²) < 4.78 is 11.6. The number of thiophene rings is 1. The maximum Gasteiger partial charge on any atom is 0.289 e. The van der Waals surface area contributed by atoms with E-state index in [4.69, 9.17) is 9.15 Å². The number of halogens is 1. The second kappa shape index (κ2) is 3.39. The Morgan fingerprint density at radius 1 is 1.47 bits per heavy atom. The van der Waals surface area contributed by atoms with Gasteiger partial charge in [0.1, 0.15) is 6.61 Å². The molecule has 3 heterocycles. The molecule has 0 aliphatic carbocycles. The molecule has 2 nitrogen and oxygen atoms in total. The minimum absolute atomic E-state index is 0.341. The maximum atomic E-state index is 5.51. The first kappa shape index (κ1) is 9.48. The van der Waals surface area contributed by atoms with E-state index in [0.717, 1.165) is 10.2 Å². The van der Waals surface area contributed by atoms with Crippen molar-refractivity contribution in [1.29, 1.82) is 0 Å². The minimum atomic E-state index is 0.341. The number of aryl methyl sites for hydroxylation is 1. The fraction of sp³-hybridized carbons (Fsp3) is 0.273. The molecule has 2 aromatic heterocycles. The second-order valence-corrected chi connectivity index (χ2v) is 5.71. The van der Waals surface area contributed by atoms with Crippen molar-refractivity contribution in [3.63, 3.8) is 0 Å². The molecule has 78 valence electrons. The quantitative estimate of drug-likeness (QED) is 0.792. The van der Waals surface area contributed by atoms with Gasteiger partial charge >= 0.3 is 0 Å². The predicted octanol–water partition coefficient (Wildman–Crippen LogP) is 3.94. The average molecular weight is 285 g/mol. The Morgan fingerprint density at radius 3 is 3.07 bits per heavy atom. The molecule has 0 bridgehead atoms. The number of fused-ring (bicyclic) bond motifs is 1. The summed E-state index contributed by atoms with van der Waals surface area (Å²) in [5.74, 6) is 1.01. The highest BCUT2D eigenvalue weighted by atomic mass is 79.9. The molecule has 4 heteroatoms. The molecule has 0 spiro atoms. The summed E-state index contributed by atoms with van der Waals surface area (Å²) in [5.41, 5.74) is 1.16. The van der Waals surface area contributed by atoms with Gasteiger partial charge in [0.05, 0.1) is 5.92 Å². The Balaban J connectivity index is 2.02. The Hall–Kier alpha value is -0.740. The van der Waals surface area contributed by atoms with E-state index < -0.39 is 0 Å². The van der Waals surface area contributed by atoms with Crippen LogP contribution in [0.1, 0.15) is 21.2 Å². The zero-order valence-corrected chi connectivity index (χ0v) is 10.5. The van der Waals surface area contributed by atoms with Gasteiger partial charge in [0.2, 0.25) is 0 Å². The van der Waals surface area contributed by atoms with Crippen LogP contribution in [0.5, 0.6) is 5.95 Å². The first-order valence-corrected chi connectivity index (χ1v) is 6.33. The van der Waals surface area contributed by atoms with Gasteiger partial charge in [0.25, 0.3) is 5.95 Å². The van der Waals surface area contributed by atoms with Crippen molar-refractivity contribution in [2.75, 3.05) is 6.61 Å². The first-order chi connectivity index (χ1) is 7.24. The van der Waals surface area contributed by atoms with Crippen LogP contribution in [-0.4, -0.2) is 6.61 Å². The fourth-order valence-electron chi connectivity index (χ4n) is 1.84. The number of hydrogen-bond donors (Lipinski definition) is 0. The molecule has 0 amide bonds. The summed E-state index contributed by atoms with van der Waals surface area (Å²) in [6.45, 7) is 2.82. The van der Waals surface area contributed by atoms with E-state index in [1.54, 1.807) is 0 Å². The van der Waals surface area contributed by atoms with E-state index >= 15 is 0 Å². The van der Waals surface area contributed by atoms with Crippen molar-refractivity contribution in [2.24, 2.45) is 0 Å². The Labute approximate surface area is 100.0 Å². The topological polar surface area (TPSA) is 22.4 Å². The number of hydrogen-bond acceptors (Lipinski definition) is 3. The molecule has 1 aliphatic heterocycles. The molecule has 3 rings (SSSR count). The van der Waals surface area contributed by atoms with Crippen LogP contribution < -0.4 is 4.74 Å². The summed E-state index contributed by atoms with van der Waals surface area (Å²) in [6, 6.07) is 6.32. The van der Waals surface area contributed by atoms with Gasteiger partial charge in [-0.2, -0.15) is 0 Å². The third-order valence-corrected chi connectivity index (χ3v) is 4.06. The minimum Gasteiger partial charge on any atom is -0.464 e. The van der Waals surface area contributed by atoms with E-state index in [9.17, 15) is 0 Å². The number of furan rings is 1. The molecule has 1 aliphatic rings. The van der Waals surface area contributed by atoms with Crippen LogP contribution in [0.3, 0.4) is 0 Å². The molecular weight excluding hydrogens is 276 g/mol. The van der Waals surface area contributed by atoms with Crippen LogP contribution >= 0.6 is 27.3 Å². The summed E-state index contributed by atoms with van der Waals surface area (Å²) in [6.07, 6.45) is 0. The van der Waals surface area contributed by atoms with E-state index in [2.05, 4.69) is 35.0 Å². The smallest absolute Gasteiger partial charge is 0.289 e. The van der Waals surface area contributed by atoms with E-state index in [-0.39, 0.29) is 0 Å². The second-order valence-electron chi connectivity index (χ2n) is 3.61. The Morgan fingerprint density at radius 2 is 2.33 bits per heavy atom. The van der Waals surface area contributed by atoms with E-state index in [1.807, 2.05) is 17.4 Å². The van der Waals surface area contributed by atoms with Crippen LogP contribution in [0.15, 0.2) is 27.3 Å². The zero-order valence-electron chi connectivity index (χ0n) is 8.12. The van der Waals surface area contributed by atoms with E-state index in [0.29, 0.717) is 18.5 Å². The summed E-state index contributed by atoms with van der Waals surface area (Å²) >= 11 is 5.14. The lowest BCUT2D eigenvalue weighted by Crippen LogP contribution is -2.00. The van der Waals surface area contributed by atoms with Gasteiger partial charge in [0.15, 0.2) is 4.67 Å². The molecule has 0 saturated heterocycles. The molecule has 0 saturated carbocycles. The molecule has 0 aromatic carbocycles. The van der Waals surface area contributed by atoms with E-state index in [1.165, 1.54) is 9.75 Å². The number of rotatable bonds is 1. The molecule has 0 N–H and O–H groups in total. The first-order valence-electron chi connectivity index (χ1n) is 4.72. The zero-order chi connectivity index (χ0) is 10.4. The van der Waals surface area contributed by atoms with Crippen molar-refractivity contribution >= 4 is 27.3 Å². The van der Waals surface area contributed by atoms with Crippen molar-refractivity contribution in [3.05, 3.63) is 38.2 Å². The fourth-order valence-corrected chi connectivity index (χ4v) is 3.21. The van der Waals surface area contributed by atoms with Crippen molar-refractivity contribution < 1.29 is 9.15 Å². The highest BCUT2D eigenvalue weighted by molar-refractivity contribution is 9.10. The Kier molecular flexibility index (Phi) is 2.14. The van der Waals surface area contributed by atoms with Crippen LogP contribution in [-0.2, 0) is 0 Å². The van der Waals surface area contributed by atoms with Gasteiger partial charge in [-0.15, -0.1) is 11.3 Å². The largest absolute Gasteiger partial charge is 0.464 e. The van der Waals surface area contributed by atoms with Crippen LogP contribution in [0.25, 0.3) is 0 Å². The molecule has 0 radical (unpaired) electrons. The predicted molar refractivity (Wildman–Crippen MR) is 62.8 cm³/mol. The van der Waals surface area contributed by atoms with Crippen LogP contribution in [0, 0.1) is 6.92 Å². The van der Waals surface area contributed by atoms with Crippen molar-refractivity contribution in [3.8, 4) is 5.95 Å². The lowest BCUT2D eigenvalue weighted by atomic mass is 10.0. The molecule has 1 atom stereocenters. The molecule has 1 unspecified atom stereocenters. The summed E-state index contributed by atoms with van der Waals surface area (Å²) in [5, 5.41) is 0. The standard InChI is InChI=1S/C11H9BrO2S/c1-6-2-3-9(15-6)8-5-13-11-7(8)4-10(12)14-11/h2-4,8H,5H2,1H3. The molecular formula is C11H9BrO2S. The third-order valence-electron chi connectivity index (χ3n) is 2.56. The average Bonchev–Trinajstić information content (AvgIpc) is 2.80. The normalized spacial score (nSPS) is 18.9. The molecule has 2 aromatic rings. The van der Waals surface area contributed by atoms with Gasteiger partial charge in [-0.3, -0.25) is 0 Å². The lowest BCUT2D eigenvalue weighted by Gasteiger charge is -2.03. The molecule has 0 fully saturated rings. The van der Waals surface area contributed by atoms with Gasteiger partial charge in [-0.1, -0.05) is 0 Å². The summed E-state index contributed by atoms with van der Waals surface area (Å²) in [7, 11) is 0. The highest BCUT2D eigenvalue weighted by Crippen LogP contribution is 2.43. The lowest BCUT2D eigenvalue weighted by molar-refractivity contribution is 0.262. The van der Waals surface area contributed by atoms with Crippen LogP contribution in [0.2, 0.25) is 0 Å². The SMILES string of the molecule is Cc1ccc(C2COc3oc(Br)cc32)s1.